The number of halogens is 1. The molecule has 0 spiro atoms. The molecule has 0 radical (unpaired) electrons. The number of nitrogens with zero attached hydrogens (tertiary/aromatic N) is 4. The average molecular weight is 508 g/mol. The minimum absolute atomic E-state index is 0. The molecule has 1 aromatic heterocycles. The number of imidazole rings is 1. The van der Waals surface area contributed by atoms with Gasteiger partial charge in [0.05, 0.1) is 6.54 Å². The van der Waals surface area contributed by atoms with Gasteiger partial charge >= 0.3 is 0 Å². The quantitative estimate of drug-likeness (QED) is 0.358. The first-order valence-corrected chi connectivity index (χ1v) is 10.6. The van der Waals surface area contributed by atoms with Crippen LogP contribution in [0, 0.1) is 0 Å². The van der Waals surface area contributed by atoms with Gasteiger partial charge < -0.3 is 15.2 Å². The molecule has 158 valence electrons. The van der Waals surface area contributed by atoms with Crippen LogP contribution in [-0.2, 0) is 13.1 Å². The molecule has 2 fully saturated rings. The third kappa shape index (κ3) is 5.94. The van der Waals surface area contributed by atoms with Crippen molar-refractivity contribution >= 4 is 29.9 Å². The monoisotopic (exact) mass is 508 g/mol. The Morgan fingerprint density at radius 2 is 1.97 bits per heavy atom. The molecule has 6 nitrogen and oxygen atoms in total. The van der Waals surface area contributed by atoms with Crippen molar-refractivity contribution in [1.29, 1.82) is 0 Å². The number of guanidine groups is 1. The SMILES string of the molecule is CN=C(NCc1nccn1Cc1ccccc1)NC1CCN(C2CCCC2)C1.I. The highest BCUT2D eigenvalue weighted by Crippen LogP contribution is 2.26. The Hall–Kier alpha value is -1.61. The first-order valence-electron chi connectivity index (χ1n) is 10.6. The van der Waals surface area contributed by atoms with Gasteiger partial charge in [-0.25, -0.2) is 4.98 Å². The Morgan fingerprint density at radius 1 is 1.17 bits per heavy atom. The minimum atomic E-state index is 0. The summed E-state index contributed by atoms with van der Waals surface area (Å²) in [5, 5.41) is 7.06. The summed E-state index contributed by atoms with van der Waals surface area (Å²) in [7, 11) is 1.84. The lowest BCUT2D eigenvalue weighted by atomic mass is 10.2. The third-order valence-electron chi connectivity index (χ3n) is 6.04. The zero-order valence-corrected chi connectivity index (χ0v) is 19.6. The van der Waals surface area contributed by atoms with Crippen LogP contribution in [0.2, 0.25) is 0 Å². The first-order chi connectivity index (χ1) is 13.8. The summed E-state index contributed by atoms with van der Waals surface area (Å²) >= 11 is 0. The van der Waals surface area contributed by atoms with E-state index in [0.29, 0.717) is 12.6 Å². The summed E-state index contributed by atoms with van der Waals surface area (Å²) in [5.74, 6) is 1.89. The van der Waals surface area contributed by atoms with E-state index in [-0.39, 0.29) is 24.0 Å². The van der Waals surface area contributed by atoms with Crippen molar-refractivity contribution in [2.75, 3.05) is 20.1 Å². The molecular weight excluding hydrogens is 475 g/mol. The van der Waals surface area contributed by atoms with Crippen LogP contribution in [0.3, 0.4) is 0 Å². The maximum atomic E-state index is 4.52. The van der Waals surface area contributed by atoms with Crippen LogP contribution in [0.25, 0.3) is 0 Å². The van der Waals surface area contributed by atoms with E-state index in [1.807, 2.05) is 25.5 Å². The smallest absolute Gasteiger partial charge is 0.191 e. The lowest BCUT2D eigenvalue weighted by molar-refractivity contribution is 0.242. The Balaban J connectivity index is 0.00000240. The van der Waals surface area contributed by atoms with Gasteiger partial charge in [0.25, 0.3) is 0 Å². The molecule has 2 aromatic rings. The largest absolute Gasteiger partial charge is 0.352 e. The second-order valence-corrected chi connectivity index (χ2v) is 7.95. The lowest BCUT2D eigenvalue weighted by Crippen LogP contribution is -2.45. The first kappa shape index (κ1) is 22.1. The van der Waals surface area contributed by atoms with Crippen LogP contribution in [0.1, 0.15) is 43.5 Å². The molecule has 7 heteroatoms. The fraction of sp³-hybridized carbons (Fsp3) is 0.545. The molecule has 1 aliphatic heterocycles. The molecule has 2 aliphatic rings. The number of benzene rings is 1. The van der Waals surface area contributed by atoms with E-state index in [1.54, 1.807) is 0 Å². The van der Waals surface area contributed by atoms with Crippen molar-refractivity contribution in [2.24, 2.45) is 4.99 Å². The summed E-state index contributed by atoms with van der Waals surface area (Å²) in [6.45, 7) is 3.84. The van der Waals surface area contributed by atoms with Crippen LogP contribution < -0.4 is 10.6 Å². The topological polar surface area (TPSA) is 57.5 Å². The summed E-state index contributed by atoms with van der Waals surface area (Å²) < 4.78 is 2.19. The molecule has 1 aliphatic carbocycles. The number of hydrogen-bond donors (Lipinski definition) is 2. The van der Waals surface area contributed by atoms with Gasteiger partial charge in [0.15, 0.2) is 5.96 Å². The van der Waals surface area contributed by atoms with Crippen LogP contribution in [0.15, 0.2) is 47.7 Å². The molecule has 4 rings (SSSR count). The van der Waals surface area contributed by atoms with Crippen LogP contribution in [-0.4, -0.2) is 52.6 Å². The van der Waals surface area contributed by atoms with Gasteiger partial charge in [-0.15, -0.1) is 24.0 Å². The van der Waals surface area contributed by atoms with Crippen molar-refractivity contribution in [3.05, 3.63) is 54.1 Å². The zero-order valence-electron chi connectivity index (χ0n) is 17.3. The van der Waals surface area contributed by atoms with Crippen molar-refractivity contribution in [2.45, 2.75) is 57.3 Å². The molecular formula is C22H33IN6. The molecule has 29 heavy (non-hydrogen) atoms. The predicted octanol–water partition coefficient (Wildman–Crippen LogP) is 3.23. The summed E-state index contributed by atoms with van der Waals surface area (Å²) in [5.41, 5.74) is 1.28. The standard InChI is InChI=1S/C22H32N6.HI/c1-23-22(26-19-11-13-27(17-19)20-9-5-6-10-20)25-15-21-24-12-14-28(21)16-18-7-3-2-4-8-18;/h2-4,7-8,12,14,19-20H,5-6,9-11,13,15-17H2,1H3,(H2,23,25,26);1H. The van der Waals surface area contributed by atoms with Gasteiger partial charge in [-0.05, 0) is 24.8 Å². The molecule has 0 amide bonds. The molecule has 1 unspecified atom stereocenters. The lowest BCUT2D eigenvalue weighted by Gasteiger charge is -2.24. The summed E-state index contributed by atoms with van der Waals surface area (Å²) in [6.07, 6.45) is 10.7. The number of likely N-dealkylation sites (tertiary alicyclic amines) is 1. The van der Waals surface area contributed by atoms with Gasteiger partial charge in [-0.2, -0.15) is 0 Å². The number of aromatic nitrogens is 2. The van der Waals surface area contributed by atoms with Crippen molar-refractivity contribution in [1.82, 2.24) is 25.1 Å². The van der Waals surface area contributed by atoms with E-state index < -0.39 is 0 Å². The zero-order chi connectivity index (χ0) is 19.2. The second-order valence-electron chi connectivity index (χ2n) is 7.95. The number of nitrogens with one attached hydrogen (secondary N) is 2. The van der Waals surface area contributed by atoms with Gasteiger partial charge in [0.2, 0.25) is 0 Å². The van der Waals surface area contributed by atoms with Gasteiger partial charge in [0, 0.05) is 51.2 Å². The van der Waals surface area contributed by atoms with Crippen molar-refractivity contribution in [3.63, 3.8) is 0 Å². The molecule has 1 atom stereocenters. The van der Waals surface area contributed by atoms with Crippen molar-refractivity contribution < 1.29 is 0 Å². The number of hydrogen-bond acceptors (Lipinski definition) is 3. The fourth-order valence-electron chi connectivity index (χ4n) is 4.49. The van der Waals surface area contributed by atoms with Gasteiger partial charge in [-0.3, -0.25) is 9.89 Å². The van der Waals surface area contributed by atoms with E-state index in [2.05, 4.69) is 54.3 Å². The highest BCUT2D eigenvalue weighted by molar-refractivity contribution is 14.0. The van der Waals surface area contributed by atoms with Crippen LogP contribution in [0.4, 0.5) is 0 Å². The van der Waals surface area contributed by atoms with Crippen LogP contribution in [0.5, 0.6) is 0 Å². The maximum absolute atomic E-state index is 4.52. The molecule has 1 saturated heterocycles. The maximum Gasteiger partial charge on any atom is 0.191 e. The van der Waals surface area contributed by atoms with E-state index in [4.69, 9.17) is 0 Å². The number of rotatable bonds is 6. The molecule has 2 heterocycles. The van der Waals surface area contributed by atoms with E-state index in [9.17, 15) is 0 Å². The van der Waals surface area contributed by atoms with Crippen molar-refractivity contribution in [3.8, 4) is 0 Å². The minimum Gasteiger partial charge on any atom is -0.352 e. The Labute approximate surface area is 191 Å². The van der Waals surface area contributed by atoms with E-state index in [0.717, 1.165) is 30.9 Å². The highest BCUT2D eigenvalue weighted by Gasteiger charge is 2.30. The van der Waals surface area contributed by atoms with Gasteiger partial charge in [-0.1, -0.05) is 43.2 Å². The van der Waals surface area contributed by atoms with Crippen LogP contribution >= 0.6 is 24.0 Å². The van der Waals surface area contributed by atoms with Gasteiger partial charge in [0.1, 0.15) is 5.82 Å². The third-order valence-corrected chi connectivity index (χ3v) is 6.04. The molecule has 0 bridgehead atoms. The van der Waals surface area contributed by atoms with E-state index in [1.165, 1.54) is 44.2 Å². The molecule has 1 aromatic carbocycles. The fourth-order valence-corrected chi connectivity index (χ4v) is 4.49. The summed E-state index contributed by atoms with van der Waals surface area (Å²) in [4.78, 5) is 11.6. The average Bonchev–Trinajstić information content (AvgIpc) is 3.48. The normalized spacial score (nSPS) is 20.6. The Kier molecular flexibility index (Phi) is 8.35. The van der Waals surface area contributed by atoms with E-state index >= 15 is 0 Å². The summed E-state index contributed by atoms with van der Waals surface area (Å²) in [6, 6.07) is 11.8. The predicted molar refractivity (Wildman–Crippen MR) is 129 cm³/mol. The second kappa shape index (κ2) is 11.0. The molecule has 2 N–H and O–H groups in total. The number of aliphatic imine (C=N–C) groups is 1. The highest BCUT2D eigenvalue weighted by atomic mass is 127. The molecule has 1 saturated carbocycles. The Morgan fingerprint density at radius 3 is 2.72 bits per heavy atom. The Bertz CT molecular complexity index is 769.